The Kier molecular flexibility index (Phi) is 3.91. The highest BCUT2D eigenvalue weighted by molar-refractivity contribution is 6.01. The van der Waals surface area contributed by atoms with Crippen LogP contribution >= 0.6 is 0 Å². The molecule has 1 fully saturated rings. The molecule has 104 valence electrons. The van der Waals surface area contributed by atoms with Gasteiger partial charge in [0.1, 0.15) is 6.10 Å². The molecule has 1 unspecified atom stereocenters. The van der Waals surface area contributed by atoms with E-state index < -0.39 is 23.6 Å². The topological polar surface area (TPSA) is 29.5 Å². The molecule has 0 amide bonds. The molecule has 2 rings (SSSR count). The van der Waals surface area contributed by atoms with E-state index >= 15 is 0 Å². The van der Waals surface area contributed by atoms with Crippen LogP contribution in [0.1, 0.15) is 15.9 Å². The molecule has 1 aliphatic rings. The maximum Gasteiger partial charge on any atom is 0.417 e. The van der Waals surface area contributed by atoms with E-state index in [1.54, 1.807) is 7.05 Å². The van der Waals surface area contributed by atoms with Crippen molar-refractivity contribution in [1.82, 2.24) is 4.90 Å². The maximum atomic E-state index is 12.8. The third kappa shape index (κ3) is 3.13. The van der Waals surface area contributed by atoms with Crippen LogP contribution < -0.4 is 0 Å². The van der Waals surface area contributed by atoms with Gasteiger partial charge in [-0.3, -0.25) is 4.79 Å². The largest absolute Gasteiger partial charge is 0.417 e. The third-order valence-electron chi connectivity index (χ3n) is 3.06. The minimum absolute atomic E-state index is 0.311. The lowest BCUT2D eigenvalue weighted by atomic mass is 9.99. The summed E-state index contributed by atoms with van der Waals surface area (Å²) in [5, 5.41) is 0. The fraction of sp³-hybridized carbons (Fsp3) is 0.462. The first-order chi connectivity index (χ1) is 8.89. The number of likely N-dealkylation sites (N-methyl/N-ethyl adjacent to an activating group) is 1. The SMILES string of the molecule is CN1CCOC(C(=O)c2ccccc2C(F)(F)F)C1. The highest BCUT2D eigenvalue weighted by Gasteiger charge is 2.37. The fourth-order valence-electron chi connectivity index (χ4n) is 2.06. The van der Waals surface area contributed by atoms with Crippen molar-refractivity contribution >= 4 is 5.78 Å². The zero-order chi connectivity index (χ0) is 14.0. The van der Waals surface area contributed by atoms with Crippen LogP contribution in [-0.2, 0) is 10.9 Å². The first kappa shape index (κ1) is 14.0. The average Bonchev–Trinajstić information content (AvgIpc) is 2.37. The molecular weight excluding hydrogens is 259 g/mol. The van der Waals surface area contributed by atoms with E-state index in [0.29, 0.717) is 19.7 Å². The summed E-state index contributed by atoms with van der Waals surface area (Å²) in [6.07, 6.45) is -5.37. The van der Waals surface area contributed by atoms with Crippen LogP contribution in [0.15, 0.2) is 24.3 Å². The van der Waals surface area contributed by atoms with Crippen LogP contribution in [0.25, 0.3) is 0 Å². The molecular formula is C13H14F3NO2. The summed E-state index contributed by atoms with van der Waals surface area (Å²) in [7, 11) is 1.80. The number of hydrogen-bond acceptors (Lipinski definition) is 3. The summed E-state index contributed by atoms with van der Waals surface area (Å²) in [6.45, 7) is 1.33. The lowest BCUT2D eigenvalue weighted by molar-refractivity contribution is -0.138. The van der Waals surface area contributed by atoms with Crippen LogP contribution in [0.2, 0.25) is 0 Å². The number of benzene rings is 1. The molecule has 19 heavy (non-hydrogen) atoms. The number of ether oxygens (including phenoxy) is 1. The summed E-state index contributed by atoms with van der Waals surface area (Å²) in [5.41, 5.74) is -1.23. The van der Waals surface area contributed by atoms with E-state index in [1.165, 1.54) is 18.2 Å². The van der Waals surface area contributed by atoms with Crippen LogP contribution in [0, 0.1) is 0 Å². The normalized spacial score (nSPS) is 21.4. The van der Waals surface area contributed by atoms with Gasteiger partial charge in [-0.05, 0) is 13.1 Å². The number of Topliss-reactive ketones (excluding diaryl/α,β-unsaturated/α-hetero) is 1. The predicted octanol–water partition coefficient (Wildman–Crippen LogP) is 2.22. The molecule has 6 heteroatoms. The summed E-state index contributed by atoms with van der Waals surface area (Å²) in [5.74, 6) is -0.612. The predicted molar refractivity (Wildman–Crippen MR) is 63.0 cm³/mol. The molecule has 0 N–H and O–H groups in total. The van der Waals surface area contributed by atoms with Crippen molar-refractivity contribution in [2.75, 3.05) is 26.7 Å². The second-order valence-electron chi connectivity index (χ2n) is 4.53. The van der Waals surface area contributed by atoms with Gasteiger partial charge in [-0.2, -0.15) is 13.2 Å². The number of carbonyl (C=O) groups is 1. The Morgan fingerprint density at radius 3 is 2.68 bits per heavy atom. The molecule has 1 saturated heterocycles. The zero-order valence-electron chi connectivity index (χ0n) is 10.4. The standard InChI is InChI=1S/C13H14F3NO2/c1-17-6-7-19-11(8-17)12(18)9-4-2-3-5-10(9)13(14,15)16/h2-5,11H,6-8H2,1H3. The summed E-state index contributed by atoms with van der Waals surface area (Å²) in [6, 6.07) is 4.81. The van der Waals surface area contributed by atoms with Crippen LogP contribution in [-0.4, -0.2) is 43.5 Å². The fourth-order valence-corrected chi connectivity index (χ4v) is 2.06. The third-order valence-corrected chi connectivity index (χ3v) is 3.06. The Bertz CT molecular complexity index is 473. The lowest BCUT2D eigenvalue weighted by Crippen LogP contribution is -2.44. The molecule has 1 atom stereocenters. The van der Waals surface area contributed by atoms with E-state index in [0.717, 1.165) is 6.07 Å². The second-order valence-corrected chi connectivity index (χ2v) is 4.53. The van der Waals surface area contributed by atoms with Crippen LogP contribution in [0.4, 0.5) is 13.2 Å². The Hall–Kier alpha value is -1.40. The van der Waals surface area contributed by atoms with Gasteiger partial charge >= 0.3 is 6.18 Å². The zero-order valence-corrected chi connectivity index (χ0v) is 10.4. The maximum absolute atomic E-state index is 12.8. The molecule has 1 heterocycles. The first-order valence-corrected chi connectivity index (χ1v) is 5.90. The number of ketones is 1. The Morgan fingerprint density at radius 1 is 1.37 bits per heavy atom. The molecule has 0 saturated carbocycles. The molecule has 0 aliphatic carbocycles. The number of morpholine rings is 1. The van der Waals surface area contributed by atoms with E-state index in [1.807, 2.05) is 4.90 Å². The number of halogens is 3. The molecule has 0 radical (unpaired) electrons. The Morgan fingerprint density at radius 2 is 2.05 bits per heavy atom. The van der Waals surface area contributed by atoms with Crippen molar-refractivity contribution in [2.45, 2.75) is 12.3 Å². The van der Waals surface area contributed by atoms with Crippen molar-refractivity contribution < 1.29 is 22.7 Å². The van der Waals surface area contributed by atoms with Gasteiger partial charge in [0.05, 0.1) is 12.2 Å². The smallest absolute Gasteiger partial charge is 0.367 e. The molecule has 1 aromatic carbocycles. The van der Waals surface area contributed by atoms with E-state index in [-0.39, 0.29) is 5.56 Å². The second kappa shape index (κ2) is 5.30. The van der Waals surface area contributed by atoms with Crippen molar-refractivity contribution in [2.24, 2.45) is 0 Å². The van der Waals surface area contributed by atoms with E-state index in [4.69, 9.17) is 4.74 Å². The number of hydrogen-bond donors (Lipinski definition) is 0. The summed E-state index contributed by atoms with van der Waals surface area (Å²) in [4.78, 5) is 14.0. The van der Waals surface area contributed by atoms with Gasteiger partial charge in [0.15, 0.2) is 5.78 Å². The minimum atomic E-state index is -4.53. The van der Waals surface area contributed by atoms with Gasteiger partial charge in [-0.25, -0.2) is 0 Å². The monoisotopic (exact) mass is 273 g/mol. The molecule has 0 spiro atoms. The van der Waals surface area contributed by atoms with Gasteiger partial charge < -0.3 is 9.64 Å². The molecule has 3 nitrogen and oxygen atoms in total. The van der Waals surface area contributed by atoms with Gasteiger partial charge in [0.2, 0.25) is 0 Å². The molecule has 1 aliphatic heterocycles. The molecule has 1 aromatic rings. The average molecular weight is 273 g/mol. The number of alkyl halides is 3. The quantitative estimate of drug-likeness (QED) is 0.774. The molecule has 0 aromatic heterocycles. The summed E-state index contributed by atoms with van der Waals surface area (Å²) < 4.78 is 43.8. The summed E-state index contributed by atoms with van der Waals surface area (Å²) >= 11 is 0. The Labute approximate surface area is 109 Å². The number of rotatable bonds is 2. The minimum Gasteiger partial charge on any atom is -0.367 e. The van der Waals surface area contributed by atoms with Crippen molar-refractivity contribution in [3.05, 3.63) is 35.4 Å². The van der Waals surface area contributed by atoms with Crippen molar-refractivity contribution in [3.63, 3.8) is 0 Å². The van der Waals surface area contributed by atoms with Crippen molar-refractivity contribution in [3.8, 4) is 0 Å². The van der Waals surface area contributed by atoms with Crippen LogP contribution in [0.5, 0.6) is 0 Å². The van der Waals surface area contributed by atoms with Crippen LogP contribution in [0.3, 0.4) is 0 Å². The van der Waals surface area contributed by atoms with E-state index in [2.05, 4.69) is 0 Å². The van der Waals surface area contributed by atoms with Gasteiger partial charge in [-0.15, -0.1) is 0 Å². The number of carbonyl (C=O) groups excluding carboxylic acids is 1. The van der Waals surface area contributed by atoms with Gasteiger partial charge in [-0.1, -0.05) is 18.2 Å². The van der Waals surface area contributed by atoms with Gasteiger partial charge in [0, 0.05) is 18.7 Å². The Balaban J connectivity index is 2.29. The van der Waals surface area contributed by atoms with E-state index in [9.17, 15) is 18.0 Å². The first-order valence-electron chi connectivity index (χ1n) is 5.90. The lowest BCUT2D eigenvalue weighted by Gasteiger charge is -2.29. The van der Waals surface area contributed by atoms with Gasteiger partial charge in [0.25, 0.3) is 0 Å². The highest BCUT2D eigenvalue weighted by Crippen LogP contribution is 2.32. The van der Waals surface area contributed by atoms with Crippen molar-refractivity contribution in [1.29, 1.82) is 0 Å². The number of nitrogens with zero attached hydrogens (tertiary/aromatic N) is 1. The highest BCUT2D eigenvalue weighted by atomic mass is 19.4. The molecule has 0 bridgehead atoms.